The topological polar surface area (TPSA) is 78.9 Å². The molecule has 4 aliphatic carbocycles. The van der Waals surface area contributed by atoms with Gasteiger partial charge in [0.2, 0.25) is 0 Å². The Hall–Kier alpha value is -2.11. The molecule has 0 aromatic heterocycles. The number of carbonyl (C=O) groups is 3. The predicted octanol–water partition coefficient (Wildman–Crippen LogP) is 7.21. The van der Waals surface area contributed by atoms with Crippen LogP contribution in [0.15, 0.2) is 23.8 Å². The maximum absolute atomic E-state index is 12.4. The monoisotopic (exact) mass is 556 g/mol. The fourth-order valence-electron chi connectivity index (χ4n) is 9.53. The third-order valence-corrected chi connectivity index (χ3v) is 11.5. The van der Waals surface area contributed by atoms with Crippen molar-refractivity contribution in [2.75, 3.05) is 6.61 Å². The molecule has 0 unspecified atom stereocenters. The van der Waals surface area contributed by atoms with Gasteiger partial charge in [-0.1, -0.05) is 51.5 Å². The first-order valence-corrected chi connectivity index (χ1v) is 15.6. The average Bonchev–Trinajstić information content (AvgIpc) is 3.22. The van der Waals surface area contributed by atoms with Crippen LogP contribution in [0.2, 0.25) is 0 Å². The number of rotatable bonds is 9. The second-order valence-corrected chi connectivity index (χ2v) is 14.0. The normalized spacial score (nSPS) is 37.4. The number of allylic oxidation sites excluding steroid dienone is 2. The summed E-state index contributed by atoms with van der Waals surface area (Å²) >= 11 is 0. The van der Waals surface area contributed by atoms with Crippen molar-refractivity contribution in [2.45, 2.75) is 118 Å². The van der Waals surface area contributed by atoms with Gasteiger partial charge in [0.1, 0.15) is 18.8 Å². The molecule has 6 heteroatoms. The van der Waals surface area contributed by atoms with E-state index in [1.54, 1.807) is 0 Å². The van der Waals surface area contributed by atoms with Gasteiger partial charge in [-0.3, -0.25) is 14.4 Å². The lowest BCUT2D eigenvalue weighted by Gasteiger charge is -2.60. The molecule has 0 radical (unpaired) electrons. The predicted molar refractivity (Wildman–Crippen MR) is 155 cm³/mol. The summed E-state index contributed by atoms with van der Waals surface area (Å²) < 4.78 is 17.5. The fourth-order valence-corrected chi connectivity index (χ4v) is 9.53. The molecule has 3 fully saturated rings. The second-order valence-electron chi connectivity index (χ2n) is 14.0. The summed E-state index contributed by atoms with van der Waals surface area (Å²) in [6.45, 7) is 18.3. The van der Waals surface area contributed by atoms with E-state index in [9.17, 15) is 14.4 Å². The molecule has 0 bridgehead atoms. The van der Waals surface area contributed by atoms with Gasteiger partial charge in [-0.25, -0.2) is 0 Å². The number of hydrogen-bond donors (Lipinski definition) is 0. The third-order valence-electron chi connectivity index (χ3n) is 11.5. The van der Waals surface area contributed by atoms with Gasteiger partial charge in [0, 0.05) is 33.6 Å². The summed E-state index contributed by atoms with van der Waals surface area (Å²) in [5, 5.41) is 0. The molecular weight excluding hydrogens is 504 g/mol. The van der Waals surface area contributed by atoms with E-state index in [0.717, 1.165) is 31.3 Å². The van der Waals surface area contributed by atoms with E-state index < -0.39 is 11.5 Å². The summed E-state index contributed by atoms with van der Waals surface area (Å²) in [7, 11) is 0. The average molecular weight is 557 g/mol. The van der Waals surface area contributed by atoms with E-state index in [1.165, 1.54) is 45.6 Å². The number of esters is 3. The van der Waals surface area contributed by atoms with Crippen molar-refractivity contribution in [1.82, 2.24) is 0 Å². The van der Waals surface area contributed by atoms with Gasteiger partial charge >= 0.3 is 17.9 Å². The van der Waals surface area contributed by atoms with Gasteiger partial charge < -0.3 is 14.2 Å². The summed E-state index contributed by atoms with van der Waals surface area (Å²) in [6, 6.07) is 0. The van der Waals surface area contributed by atoms with Crippen molar-refractivity contribution >= 4 is 17.9 Å². The van der Waals surface area contributed by atoms with Crippen molar-refractivity contribution in [3.63, 3.8) is 0 Å². The van der Waals surface area contributed by atoms with Crippen molar-refractivity contribution < 1.29 is 28.6 Å². The smallest absolute Gasteiger partial charge is 0.302 e. The van der Waals surface area contributed by atoms with Gasteiger partial charge in [0.05, 0.1) is 5.41 Å². The molecule has 3 saturated carbocycles. The Morgan fingerprint density at radius 3 is 2.33 bits per heavy atom. The maximum Gasteiger partial charge on any atom is 0.302 e. The van der Waals surface area contributed by atoms with E-state index in [-0.39, 0.29) is 42.0 Å². The highest BCUT2D eigenvalue weighted by molar-refractivity contribution is 5.67. The van der Waals surface area contributed by atoms with Crippen LogP contribution < -0.4 is 0 Å². The van der Waals surface area contributed by atoms with E-state index in [0.29, 0.717) is 42.4 Å². The molecule has 0 amide bonds. The molecule has 4 rings (SSSR count). The number of fused-ring (bicyclic) bond motifs is 5. The molecule has 6 nitrogen and oxygen atoms in total. The molecular formula is C34H52O6. The first-order valence-electron chi connectivity index (χ1n) is 15.6. The second kappa shape index (κ2) is 12.0. The van der Waals surface area contributed by atoms with Crippen LogP contribution in [0.4, 0.5) is 0 Å². The Labute approximate surface area is 241 Å². The van der Waals surface area contributed by atoms with E-state index in [4.69, 9.17) is 14.2 Å². The van der Waals surface area contributed by atoms with Crippen molar-refractivity contribution in [2.24, 2.45) is 46.3 Å². The maximum atomic E-state index is 12.4. The Kier molecular flexibility index (Phi) is 9.26. The summed E-state index contributed by atoms with van der Waals surface area (Å²) in [5.41, 5.74) is 2.20. The van der Waals surface area contributed by atoms with Crippen molar-refractivity contribution in [1.29, 1.82) is 0 Å². The molecule has 40 heavy (non-hydrogen) atoms. The Morgan fingerprint density at radius 1 is 1.00 bits per heavy atom. The first kappa shape index (κ1) is 30.8. The highest BCUT2D eigenvalue weighted by Gasteiger charge is 2.64. The molecule has 0 aromatic rings. The lowest BCUT2D eigenvalue weighted by atomic mass is 9.46. The highest BCUT2D eigenvalue weighted by Crippen LogP contribution is 2.68. The van der Waals surface area contributed by atoms with Gasteiger partial charge in [-0.15, -0.1) is 0 Å². The molecule has 0 aliphatic heterocycles. The van der Waals surface area contributed by atoms with E-state index in [1.807, 2.05) is 0 Å². The molecule has 0 heterocycles. The molecule has 224 valence electrons. The summed E-state index contributed by atoms with van der Waals surface area (Å²) in [4.78, 5) is 36.4. The van der Waals surface area contributed by atoms with Crippen LogP contribution >= 0.6 is 0 Å². The van der Waals surface area contributed by atoms with Crippen LogP contribution in [0.25, 0.3) is 0 Å². The van der Waals surface area contributed by atoms with E-state index in [2.05, 4.69) is 40.3 Å². The molecule has 0 N–H and O–H groups in total. The van der Waals surface area contributed by atoms with Crippen LogP contribution in [-0.2, 0) is 28.6 Å². The first-order chi connectivity index (χ1) is 18.8. The quantitative estimate of drug-likeness (QED) is 0.170. The highest BCUT2D eigenvalue weighted by atomic mass is 16.6. The van der Waals surface area contributed by atoms with Crippen molar-refractivity contribution in [3.8, 4) is 0 Å². The van der Waals surface area contributed by atoms with Crippen LogP contribution in [0.3, 0.4) is 0 Å². The summed E-state index contributed by atoms with van der Waals surface area (Å²) in [5.74, 6) is 2.16. The number of carbonyl (C=O) groups excluding carboxylic acids is 3. The lowest BCUT2D eigenvalue weighted by molar-refractivity contribution is -0.185. The van der Waals surface area contributed by atoms with Gasteiger partial charge in [-0.05, 0) is 85.9 Å². The van der Waals surface area contributed by atoms with Crippen LogP contribution in [0, 0.1) is 46.3 Å². The van der Waals surface area contributed by atoms with Crippen LogP contribution in [-0.4, -0.2) is 36.7 Å². The molecule has 0 spiro atoms. The number of hydrogen-bond acceptors (Lipinski definition) is 6. The minimum Gasteiger partial charge on any atom is -0.465 e. The molecule has 0 aromatic carbocycles. The van der Waals surface area contributed by atoms with E-state index >= 15 is 0 Å². The fraction of sp³-hybridized carbons (Fsp3) is 0.794. The zero-order valence-corrected chi connectivity index (χ0v) is 25.9. The Morgan fingerprint density at radius 2 is 1.70 bits per heavy atom. The zero-order chi connectivity index (χ0) is 29.4. The molecule has 0 saturated heterocycles. The Bertz CT molecular complexity index is 1030. The van der Waals surface area contributed by atoms with Gasteiger partial charge in [0.15, 0.2) is 0 Å². The van der Waals surface area contributed by atoms with Gasteiger partial charge in [0.25, 0.3) is 0 Å². The molecule has 9 atom stereocenters. The summed E-state index contributed by atoms with van der Waals surface area (Å²) in [6.07, 6.45) is 10.4. The largest absolute Gasteiger partial charge is 0.465 e. The van der Waals surface area contributed by atoms with Crippen LogP contribution in [0.5, 0.6) is 0 Å². The standard InChI is InChI=1S/C34H52O6/c1-20(2)21(3)9-10-22(4)29-13-14-30-28-12-11-26-17-27(39-24(6)36)18-32(40-25(7)37)34(26,19-38-23(5)35)31(28)15-16-33(29,30)8/h11,20,22,27-32H,3,9-10,12-19H2,1-2,4-8H3/t22-,27-,28+,29-,30+,31+,32+,33-,34+/m1/s1. The minimum atomic E-state index is -0.572. The minimum absolute atomic E-state index is 0.209. The molecule has 4 aliphatic rings. The van der Waals surface area contributed by atoms with Crippen LogP contribution in [0.1, 0.15) is 106 Å². The van der Waals surface area contributed by atoms with Crippen molar-refractivity contribution in [3.05, 3.63) is 23.8 Å². The number of ether oxygens (including phenoxy) is 3. The SMILES string of the molecule is C=C(CC[C@@H](C)[C@H]1CC[C@H]2[C@@H]3CC=C4C[C@@H](OC(C)=O)C[C@H](OC(C)=O)[C@]4(COC(C)=O)[C@H]3CC[C@]12C)C(C)C. The Balaban J connectivity index is 1.65. The van der Waals surface area contributed by atoms with Gasteiger partial charge in [-0.2, -0.15) is 0 Å². The lowest BCUT2D eigenvalue weighted by Crippen LogP contribution is -2.60. The third kappa shape index (κ3) is 5.79. The zero-order valence-electron chi connectivity index (χ0n) is 25.9.